The highest BCUT2D eigenvalue weighted by molar-refractivity contribution is 7.89. The predicted molar refractivity (Wildman–Crippen MR) is 91.0 cm³/mol. The van der Waals surface area contributed by atoms with E-state index >= 15 is 0 Å². The normalized spacial score (nSPS) is 15.2. The van der Waals surface area contributed by atoms with Crippen LogP contribution in [0.2, 0.25) is 0 Å². The van der Waals surface area contributed by atoms with Crippen LogP contribution in [0, 0.1) is 0 Å². The molecule has 1 saturated heterocycles. The third kappa shape index (κ3) is 3.58. The minimum atomic E-state index is -3.59. The highest BCUT2D eigenvalue weighted by atomic mass is 32.2. The van der Waals surface area contributed by atoms with Crippen molar-refractivity contribution >= 4 is 38.9 Å². The number of carboxylic acids is 1. The summed E-state index contributed by atoms with van der Waals surface area (Å²) in [5.41, 5.74) is -0.0397. The summed E-state index contributed by atoms with van der Waals surface area (Å²) in [7, 11) is -3.59. The maximum atomic E-state index is 12.5. The molecule has 1 aliphatic rings. The van der Waals surface area contributed by atoms with E-state index in [9.17, 15) is 23.1 Å². The Labute approximate surface area is 149 Å². The van der Waals surface area contributed by atoms with Crippen LogP contribution in [0.1, 0.15) is 32.9 Å². The van der Waals surface area contributed by atoms with Crippen molar-refractivity contribution in [3.63, 3.8) is 0 Å². The Morgan fingerprint density at radius 1 is 1.16 bits per heavy atom. The number of thiophene rings is 1. The number of anilines is 1. The van der Waals surface area contributed by atoms with Gasteiger partial charge in [0.1, 0.15) is 0 Å². The molecule has 0 radical (unpaired) electrons. The summed E-state index contributed by atoms with van der Waals surface area (Å²) in [6.07, 6.45) is 1.66. The number of nitrogens with one attached hydrogen (secondary N) is 1. The average molecular weight is 379 g/mol. The van der Waals surface area contributed by atoms with Crippen LogP contribution in [0.25, 0.3) is 0 Å². The Morgan fingerprint density at radius 2 is 1.84 bits per heavy atom. The van der Waals surface area contributed by atoms with Crippen LogP contribution >= 0.6 is 11.3 Å². The van der Waals surface area contributed by atoms with Gasteiger partial charge in [0, 0.05) is 24.0 Å². The van der Waals surface area contributed by atoms with E-state index in [1.165, 1.54) is 34.0 Å². The Hall–Kier alpha value is -2.23. The van der Waals surface area contributed by atoms with Gasteiger partial charge in [-0.2, -0.15) is 4.31 Å². The Morgan fingerprint density at radius 3 is 2.52 bits per heavy atom. The van der Waals surface area contributed by atoms with Crippen molar-refractivity contribution in [2.75, 3.05) is 18.4 Å². The number of sulfonamides is 1. The minimum Gasteiger partial charge on any atom is -0.545 e. The van der Waals surface area contributed by atoms with Gasteiger partial charge in [0.2, 0.25) is 10.0 Å². The molecule has 0 saturated carbocycles. The van der Waals surface area contributed by atoms with Gasteiger partial charge in [-0.1, -0.05) is 18.2 Å². The summed E-state index contributed by atoms with van der Waals surface area (Å²) in [4.78, 5) is 23.7. The van der Waals surface area contributed by atoms with E-state index in [1.54, 1.807) is 6.07 Å². The van der Waals surface area contributed by atoms with Gasteiger partial charge in [-0.05, 0) is 25.0 Å². The first-order valence-electron chi connectivity index (χ1n) is 7.60. The lowest BCUT2D eigenvalue weighted by atomic mass is 10.2. The summed E-state index contributed by atoms with van der Waals surface area (Å²) in [6, 6.07) is 7.18. The first-order chi connectivity index (χ1) is 11.9. The van der Waals surface area contributed by atoms with Crippen molar-refractivity contribution in [1.82, 2.24) is 4.31 Å². The average Bonchev–Trinajstić information content (AvgIpc) is 3.27. The molecule has 1 amide bonds. The van der Waals surface area contributed by atoms with Crippen molar-refractivity contribution < 1.29 is 23.1 Å². The van der Waals surface area contributed by atoms with Gasteiger partial charge >= 0.3 is 0 Å². The maximum absolute atomic E-state index is 12.5. The molecule has 0 spiro atoms. The summed E-state index contributed by atoms with van der Waals surface area (Å²) in [6.45, 7) is 0.970. The summed E-state index contributed by atoms with van der Waals surface area (Å²) < 4.78 is 26.4. The van der Waals surface area contributed by atoms with Gasteiger partial charge in [-0.3, -0.25) is 4.79 Å². The van der Waals surface area contributed by atoms with Crippen LogP contribution < -0.4 is 10.4 Å². The smallest absolute Gasteiger partial charge is 0.265 e. The Bertz CT molecular complexity index is 914. The van der Waals surface area contributed by atoms with E-state index in [-0.39, 0.29) is 21.0 Å². The zero-order valence-electron chi connectivity index (χ0n) is 13.1. The predicted octanol–water partition coefficient (Wildman–Crippen LogP) is 1.15. The fourth-order valence-corrected chi connectivity index (χ4v) is 5.28. The maximum Gasteiger partial charge on any atom is 0.265 e. The lowest BCUT2D eigenvalue weighted by molar-refractivity contribution is -0.254. The molecule has 1 aromatic carbocycles. The minimum absolute atomic E-state index is 0.0812. The summed E-state index contributed by atoms with van der Waals surface area (Å²) >= 11 is 0.996. The number of amides is 1. The number of carbonyl (C=O) groups is 2. The molecule has 2 aromatic rings. The molecule has 0 aliphatic carbocycles. The van der Waals surface area contributed by atoms with Crippen molar-refractivity contribution in [3.8, 4) is 0 Å². The van der Waals surface area contributed by atoms with Crippen molar-refractivity contribution in [3.05, 3.63) is 46.2 Å². The third-order valence-corrected chi connectivity index (χ3v) is 6.85. The number of aromatic carboxylic acids is 1. The van der Waals surface area contributed by atoms with E-state index in [0.717, 1.165) is 24.2 Å². The highest BCUT2D eigenvalue weighted by Gasteiger charge is 2.28. The molecule has 1 aliphatic heterocycles. The standard InChI is InChI=1S/C16H16N2O5S2/c19-15(17-13-6-2-1-5-12(13)16(20)21)14-9-11(10-24-14)25(22,23)18-7-3-4-8-18/h1-2,5-6,9-10H,3-4,7-8H2,(H,17,19)(H,20,21)/p-1. The lowest BCUT2D eigenvalue weighted by Gasteiger charge is -2.13. The molecule has 2 heterocycles. The van der Waals surface area contributed by atoms with Crippen LogP contribution in [-0.2, 0) is 10.0 Å². The second kappa shape index (κ2) is 6.95. The van der Waals surface area contributed by atoms with Crippen LogP contribution in [0.15, 0.2) is 40.6 Å². The molecule has 0 unspecified atom stereocenters. The van der Waals surface area contributed by atoms with Crippen LogP contribution in [0.3, 0.4) is 0 Å². The summed E-state index contributed by atoms with van der Waals surface area (Å²) in [5.74, 6) is -1.97. The van der Waals surface area contributed by atoms with Gasteiger partial charge in [0.05, 0.1) is 21.4 Å². The molecule has 132 valence electrons. The second-order valence-corrected chi connectivity index (χ2v) is 8.39. The Balaban J connectivity index is 1.81. The zero-order valence-corrected chi connectivity index (χ0v) is 14.7. The second-order valence-electron chi connectivity index (χ2n) is 5.55. The van der Waals surface area contributed by atoms with Gasteiger partial charge < -0.3 is 15.2 Å². The molecule has 1 aromatic heterocycles. The molecule has 1 fully saturated rings. The van der Waals surface area contributed by atoms with Gasteiger partial charge in [-0.15, -0.1) is 11.3 Å². The first kappa shape index (κ1) is 17.6. The molecular weight excluding hydrogens is 364 g/mol. The van der Waals surface area contributed by atoms with Crippen LogP contribution in [0.5, 0.6) is 0 Å². The Kier molecular flexibility index (Phi) is 4.89. The number of rotatable bonds is 5. The SMILES string of the molecule is O=C(Nc1ccccc1C(=O)[O-])c1cc(S(=O)(=O)N2CCCC2)cs1. The van der Waals surface area contributed by atoms with E-state index in [2.05, 4.69) is 5.32 Å². The van der Waals surface area contributed by atoms with E-state index in [1.807, 2.05) is 0 Å². The van der Waals surface area contributed by atoms with Gasteiger partial charge in [0.25, 0.3) is 5.91 Å². The molecule has 25 heavy (non-hydrogen) atoms. The molecule has 7 nitrogen and oxygen atoms in total. The highest BCUT2D eigenvalue weighted by Crippen LogP contribution is 2.26. The number of nitrogens with zero attached hydrogens (tertiary/aromatic N) is 1. The molecular formula is C16H15N2O5S2-. The molecule has 1 N–H and O–H groups in total. The van der Waals surface area contributed by atoms with Crippen molar-refractivity contribution in [1.29, 1.82) is 0 Å². The molecule has 9 heteroatoms. The quantitative estimate of drug-likeness (QED) is 0.839. The van der Waals surface area contributed by atoms with Gasteiger partial charge in [0.15, 0.2) is 0 Å². The topological polar surface area (TPSA) is 107 Å². The van der Waals surface area contributed by atoms with E-state index in [4.69, 9.17) is 0 Å². The number of carbonyl (C=O) groups excluding carboxylic acids is 2. The number of para-hydroxylation sites is 1. The van der Waals surface area contributed by atoms with Gasteiger partial charge in [-0.25, -0.2) is 8.42 Å². The lowest BCUT2D eigenvalue weighted by Crippen LogP contribution is -2.27. The molecule has 3 rings (SSSR count). The van der Waals surface area contributed by atoms with E-state index in [0.29, 0.717) is 13.1 Å². The fourth-order valence-electron chi connectivity index (χ4n) is 2.60. The van der Waals surface area contributed by atoms with Crippen molar-refractivity contribution in [2.45, 2.75) is 17.7 Å². The van der Waals surface area contributed by atoms with Crippen molar-refractivity contribution in [2.24, 2.45) is 0 Å². The number of hydrogen-bond donors (Lipinski definition) is 1. The van der Waals surface area contributed by atoms with Crippen LogP contribution in [0.4, 0.5) is 5.69 Å². The third-order valence-electron chi connectivity index (χ3n) is 3.90. The number of benzene rings is 1. The number of carboxylic acid groups (broad SMARTS) is 1. The fraction of sp³-hybridized carbons (Fsp3) is 0.250. The largest absolute Gasteiger partial charge is 0.545 e. The molecule has 0 atom stereocenters. The van der Waals surface area contributed by atoms with Crippen LogP contribution in [-0.4, -0.2) is 37.7 Å². The monoisotopic (exact) mass is 379 g/mol. The van der Waals surface area contributed by atoms with E-state index < -0.39 is 21.9 Å². The summed E-state index contributed by atoms with van der Waals surface area (Å²) in [5, 5.41) is 15.0. The molecule has 0 bridgehead atoms. The number of hydrogen-bond acceptors (Lipinski definition) is 6. The zero-order chi connectivity index (χ0) is 18.0. The first-order valence-corrected chi connectivity index (χ1v) is 9.92.